The van der Waals surface area contributed by atoms with Crippen molar-refractivity contribution < 1.29 is 14.8 Å². The summed E-state index contributed by atoms with van der Waals surface area (Å²) in [5.41, 5.74) is 7.68. The summed E-state index contributed by atoms with van der Waals surface area (Å²) in [7, 11) is -1.63. The van der Waals surface area contributed by atoms with Gasteiger partial charge >= 0.3 is 7.12 Å². The third-order valence-electron chi connectivity index (χ3n) is 5.17. The number of nitrogens with zero attached hydrogens (tertiary/aromatic N) is 3. The van der Waals surface area contributed by atoms with Gasteiger partial charge in [-0.3, -0.25) is 4.79 Å². The summed E-state index contributed by atoms with van der Waals surface area (Å²) in [4.78, 5) is 17.2. The lowest BCUT2D eigenvalue weighted by atomic mass is 9.76. The molecule has 0 bridgehead atoms. The molecule has 0 saturated carbocycles. The van der Waals surface area contributed by atoms with Crippen molar-refractivity contribution in [2.45, 2.75) is 44.6 Å². The van der Waals surface area contributed by atoms with E-state index in [4.69, 9.17) is 5.73 Å². The monoisotopic (exact) mass is 471 g/mol. The Hall–Kier alpha value is -2.72. The molecule has 33 heavy (non-hydrogen) atoms. The smallest absolute Gasteiger partial charge is 0.426 e. The summed E-state index contributed by atoms with van der Waals surface area (Å²) in [6.07, 6.45) is 2.45. The quantitative estimate of drug-likeness (QED) is 0.234. The van der Waals surface area contributed by atoms with Crippen LogP contribution in [0, 0.1) is 0 Å². The van der Waals surface area contributed by atoms with E-state index in [0.29, 0.717) is 38.2 Å². The lowest BCUT2D eigenvalue weighted by Gasteiger charge is -2.17. The van der Waals surface area contributed by atoms with E-state index in [2.05, 4.69) is 15.4 Å². The SMILES string of the molecule is Cl.NCCCCC(NC(=O)Cc1nc(Cc2ccccc2)n(Cc2ccccc2)n1)B(O)O. The Labute approximate surface area is 200 Å². The Morgan fingerprint density at radius 3 is 2.27 bits per heavy atom. The van der Waals surface area contributed by atoms with E-state index in [1.807, 2.05) is 65.3 Å². The van der Waals surface area contributed by atoms with Gasteiger partial charge in [0, 0.05) is 6.42 Å². The minimum absolute atomic E-state index is 0. The molecule has 1 heterocycles. The summed E-state index contributed by atoms with van der Waals surface area (Å²) >= 11 is 0. The number of nitrogens with two attached hydrogens (primary N) is 1. The average molecular weight is 472 g/mol. The summed E-state index contributed by atoms with van der Waals surface area (Å²) < 4.78 is 1.82. The van der Waals surface area contributed by atoms with E-state index in [9.17, 15) is 14.8 Å². The molecule has 0 fully saturated rings. The Balaban J connectivity index is 0.00000385. The van der Waals surface area contributed by atoms with Gasteiger partial charge < -0.3 is 21.1 Å². The zero-order chi connectivity index (χ0) is 22.8. The molecular formula is C23H31BClN5O3. The predicted molar refractivity (Wildman–Crippen MR) is 131 cm³/mol. The maximum Gasteiger partial charge on any atom is 0.475 e. The fourth-order valence-electron chi connectivity index (χ4n) is 3.50. The lowest BCUT2D eigenvalue weighted by molar-refractivity contribution is -0.121. The van der Waals surface area contributed by atoms with Crippen LogP contribution in [0.4, 0.5) is 0 Å². The number of rotatable bonds is 12. The molecule has 3 rings (SSSR count). The van der Waals surface area contributed by atoms with Gasteiger partial charge in [-0.2, -0.15) is 5.10 Å². The van der Waals surface area contributed by atoms with Crippen molar-refractivity contribution in [2.75, 3.05) is 6.54 Å². The number of benzene rings is 2. The Morgan fingerprint density at radius 2 is 1.67 bits per heavy atom. The highest BCUT2D eigenvalue weighted by molar-refractivity contribution is 6.43. The first-order valence-corrected chi connectivity index (χ1v) is 10.9. The number of halogens is 1. The van der Waals surface area contributed by atoms with Gasteiger partial charge in [-0.1, -0.05) is 67.1 Å². The standard InChI is InChI=1S/C23H30BN5O3.ClH/c25-14-8-7-13-20(24(31)32)26-23(30)16-21-27-22(15-18-9-3-1-4-10-18)29(28-21)17-19-11-5-2-6-12-19;/h1-6,9-12,20,31-32H,7-8,13-17,25H2,(H,26,30);1H. The van der Waals surface area contributed by atoms with Crippen LogP contribution in [0.2, 0.25) is 0 Å². The van der Waals surface area contributed by atoms with Gasteiger partial charge in [-0.15, -0.1) is 12.4 Å². The first kappa shape index (κ1) is 26.5. The molecule has 2 aromatic carbocycles. The van der Waals surface area contributed by atoms with Crippen molar-refractivity contribution in [2.24, 2.45) is 5.73 Å². The number of nitrogens with one attached hydrogen (secondary N) is 1. The molecule has 0 saturated heterocycles. The molecule has 1 atom stereocenters. The number of aromatic nitrogens is 3. The van der Waals surface area contributed by atoms with Crippen molar-refractivity contribution in [1.29, 1.82) is 0 Å². The Kier molecular flexibility index (Phi) is 11.1. The highest BCUT2D eigenvalue weighted by atomic mass is 35.5. The molecule has 0 aliphatic heterocycles. The molecule has 1 amide bonds. The van der Waals surface area contributed by atoms with Crippen LogP contribution in [-0.2, 0) is 24.2 Å². The third-order valence-corrected chi connectivity index (χ3v) is 5.17. The minimum atomic E-state index is -1.63. The second kappa shape index (κ2) is 13.7. The summed E-state index contributed by atoms with van der Waals surface area (Å²) in [6.45, 7) is 1.07. The second-order valence-electron chi connectivity index (χ2n) is 7.80. The molecule has 0 aliphatic carbocycles. The van der Waals surface area contributed by atoms with E-state index < -0.39 is 13.1 Å². The molecule has 1 aromatic heterocycles. The van der Waals surface area contributed by atoms with E-state index in [1.54, 1.807) is 0 Å². The van der Waals surface area contributed by atoms with Crippen LogP contribution in [0.15, 0.2) is 60.7 Å². The van der Waals surface area contributed by atoms with Crippen LogP contribution >= 0.6 is 12.4 Å². The lowest BCUT2D eigenvalue weighted by Crippen LogP contribution is -2.47. The number of unbranched alkanes of at least 4 members (excludes halogenated alkanes) is 1. The molecule has 176 valence electrons. The predicted octanol–water partition coefficient (Wildman–Crippen LogP) is 1.51. The molecular weight excluding hydrogens is 441 g/mol. The molecule has 5 N–H and O–H groups in total. The second-order valence-corrected chi connectivity index (χ2v) is 7.80. The maximum atomic E-state index is 12.5. The normalized spacial score (nSPS) is 11.5. The topological polar surface area (TPSA) is 126 Å². The minimum Gasteiger partial charge on any atom is -0.426 e. The zero-order valence-electron chi connectivity index (χ0n) is 18.5. The number of amides is 1. The molecule has 0 spiro atoms. The molecule has 0 aliphatic rings. The molecule has 0 radical (unpaired) electrons. The van der Waals surface area contributed by atoms with Gasteiger partial charge in [-0.25, -0.2) is 9.67 Å². The average Bonchev–Trinajstić information content (AvgIpc) is 3.14. The van der Waals surface area contributed by atoms with Crippen LogP contribution in [0.1, 0.15) is 42.0 Å². The fourth-order valence-corrected chi connectivity index (χ4v) is 3.50. The molecule has 8 nitrogen and oxygen atoms in total. The van der Waals surface area contributed by atoms with Crippen LogP contribution in [0.25, 0.3) is 0 Å². The van der Waals surface area contributed by atoms with Gasteiger partial charge in [-0.05, 0) is 30.5 Å². The summed E-state index contributed by atoms with van der Waals surface area (Å²) in [5.74, 6) is 0.0743. The van der Waals surface area contributed by atoms with E-state index in [1.165, 1.54) is 0 Å². The highest BCUT2D eigenvalue weighted by Gasteiger charge is 2.25. The van der Waals surface area contributed by atoms with Gasteiger partial charge in [0.15, 0.2) is 5.82 Å². The van der Waals surface area contributed by atoms with Crippen LogP contribution in [-0.4, -0.2) is 50.3 Å². The van der Waals surface area contributed by atoms with Crippen molar-refractivity contribution in [3.05, 3.63) is 83.4 Å². The Bertz CT molecular complexity index is 914. The van der Waals surface area contributed by atoms with Gasteiger partial charge in [0.1, 0.15) is 5.82 Å². The summed E-state index contributed by atoms with van der Waals surface area (Å²) in [5, 5.41) is 26.4. The van der Waals surface area contributed by atoms with Gasteiger partial charge in [0.05, 0.1) is 18.9 Å². The van der Waals surface area contributed by atoms with Crippen LogP contribution in [0.5, 0.6) is 0 Å². The van der Waals surface area contributed by atoms with Crippen LogP contribution < -0.4 is 11.1 Å². The van der Waals surface area contributed by atoms with Gasteiger partial charge in [0.25, 0.3) is 0 Å². The molecule has 10 heteroatoms. The number of carbonyl (C=O) groups is 1. The Morgan fingerprint density at radius 1 is 1.03 bits per heavy atom. The number of hydrogen-bond donors (Lipinski definition) is 4. The van der Waals surface area contributed by atoms with Crippen molar-refractivity contribution in [3.63, 3.8) is 0 Å². The van der Waals surface area contributed by atoms with E-state index in [-0.39, 0.29) is 24.7 Å². The fraction of sp³-hybridized carbons (Fsp3) is 0.348. The first-order chi connectivity index (χ1) is 15.5. The molecule has 1 unspecified atom stereocenters. The zero-order valence-corrected chi connectivity index (χ0v) is 19.3. The highest BCUT2D eigenvalue weighted by Crippen LogP contribution is 2.11. The van der Waals surface area contributed by atoms with Crippen LogP contribution in [0.3, 0.4) is 0 Å². The number of hydrogen-bond acceptors (Lipinski definition) is 6. The van der Waals surface area contributed by atoms with Crippen molar-refractivity contribution >= 4 is 25.4 Å². The maximum absolute atomic E-state index is 12.5. The van der Waals surface area contributed by atoms with E-state index in [0.717, 1.165) is 23.4 Å². The largest absolute Gasteiger partial charge is 0.475 e. The first-order valence-electron chi connectivity index (χ1n) is 10.9. The van der Waals surface area contributed by atoms with Gasteiger partial charge in [0.2, 0.25) is 5.91 Å². The number of carbonyl (C=O) groups excluding carboxylic acids is 1. The molecule has 3 aromatic rings. The van der Waals surface area contributed by atoms with Crippen molar-refractivity contribution in [1.82, 2.24) is 20.1 Å². The van der Waals surface area contributed by atoms with Crippen molar-refractivity contribution in [3.8, 4) is 0 Å². The third kappa shape index (κ3) is 8.62. The van der Waals surface area contributed by atoms with E-state index >= 15 is 0 Å². The summed E-state index contributed by atoms with van der Waals surface area (Å²) in [6, 6.07) is 19.9.